The molecule has 0 saturated carbocycles. The third kappa shape index (κ3) is 4.35. The number of halogens is 1. The SMILES string of the molecule is CCCCOc1ccc([C@@H]2[C@H]3C(=O)N(c4ccc(Br)cc4)C(=O)[C@@H]3ON2c2ccccc2)cc1OC. The average molecular weight is 551 g/mol. The number of methoxy groups -OCH3 is 1. The number of hydroxylamine groups is 1. The molecule has 3 aromatic rings. The van der Waals surface area contributed by atoms with Gasteiger partial charge >= 0.3 is 0 Å². The number of fused-ring (bicyclic) bond motifs is 1. The lowest BCUT2D eigenvalue weighted by molar-refractivity contribution is -0.126. The molecule has 3 atom stereocenters. The van der Waals surface area contributed by atoms with Gasteiger partial charge in [-0.3, -0.25) is 14.4 Å². The Morgan fingerprint density at radius 1 is 0.917 bits per heavy atom. The molecule has 3 aromatic carbocycles. The molecule has 7 nitrogen and oxygen atoms in total. The third-order valence-electron chi connectivity index (χ3n) is 6.50. The second kappa shape index (κ2) is 10.3. The molecule has 0 spiro atoms. The van der Waals surface area contributed by atoms with Crippen molar-refractivity contribution in [3.63, 3.8) is 0 Å². The molecule has 0 unspecified atom stereocenters. The van der Waals surface area contributed by atoms with Crippen molar-refractivity contribution in [3.8, 4) is 11.5 Å². The summed E-state index contributed by atoms with van der Waals surface area (Å²) in [5.74, 6) is -0.179. The van der Waals surface area contributed by atoms with Crippen LogP contribution in [-0.2, 0) is 14.4 Å². The molecule has 0 bridgehead atoms. The number of benzene rings is 3. The number of hydrogen-bond donors (Lipinski definition) is 0. The number of anilines is 2. The van der Waals surface area contributed by atoms with Crippen molar-refractivity contribution < 1.29 is 23.9 Å². The first-order valence-corrected chi connectivity index (χ1v) is 12.8. The number of unbranched alkanes of at least 4 members (excludes halogenated alkanes) is 1. The van der Waals surface area contributed by atoms with Crippen molar-refractivity contribution in [1.29, 1.82) is 0 Å². The summed E-state index contributed by atoms with van der Waals surface area (Å²) in [5, 5.41) is 1.68. The van der Waals surface area contributed by atoms with Crippen LogP contribution in [0, 0.1) is 5.92 Å². The minimum atomic E-state index is -0.933. The normalized spacial score (nSPS) is 21.1. The van der Waals surface area contributed by atoms with Gasteiger partial charge in [0.15, 0.2) is 17.6 Å². The lowest BCUT2D eigenvalue weighted by Crippen LogP contribution is -2.37. The van der Waals surface area contributed by atoms with Gasteiger partial charge in [0, 0.05) is 4.47 Å². The zero-order chi connectivity index (χ0) is 25.2. The van der Waals surface area contributed by atoms with E-state index in [9.17, 15) is 9.59 Å². The van der Waals surface area contributed by atoms with Gasteiger partial charge in [0.2, 0.25) is 5.91 Å². The van der Waals surface area contributed by atoms with Gasteiger partial charge in [0.05, 0.1) is 31.1 Å². The molecular weight excluding hydrogens is 524 g/mol. The number of carbonyl (C=O) groups is 2. The van der Waals surface area contributed by atoms with E-state index in [-0.39, 0.29) is 11.8 Å². The Hall–Kier alpha value is -3.36. The zero-order valence-electron chi connectivity index (χ0n) is 20.1. The van der Waals surface area contributed by atoms with Crippen molar-refractivity contribution in [2.45, 2.75) is 31.9 Å². The first-order chi connectivity index (χ1) is 17.5. The smallest absolute Gasteiger partial charge is 0.266 e. The van der Waals surface area contributed by atoms with Gasteiger partial charge in [-0.15, -0.1) is 0 Å². The van der Waals surface area contributed by atoms with Gasteiger partial charge in [-0.1, -0.05) is 53.5 Å². The van der Waals surface area contributed by atoms with E-state index in [1.165, 1.54) is 4.90 Å². The second-order valence-electron chi connectivity index (χ2n) is 8.76. The standard InChI is InChI=1S/C28H27BrN2O5/c1-3-4-16-35-22-15-10-18(17-23(22)34-2)25-24-26(36-31(25)21-8-6-5-7-9-21)28(33)30(27(24)32)20-13-11-19(29)12-14-20/h5-15,17,24-26H,3-4,16H2,1-2H3/t24-,25-,26-/m1/s1. The molecule has 8 heteroatoms. The fourth-order valence-corrected chi connectivity index (χ4v) is 4.98. The van der Waals surface area contributed by atoms with E-state index in [4.69, 9.17) is 14.3 Å². The highest BCUT2D eigenvalue weighted by molar-refractivity contribution is 9.10. The molecule has 36 heavy (non-hydrogen) atoms. The van der Waals surface area contributed by atoms with Crippen molar-refractivity contribution in [2.75, 3.05) is 23.7 Å². The van der Waals surface area contributed by atoms with Crippen LogP contribution in [-0.4, -0.2) is 31.6 Å². The summed E-state index contributed by atoms with van der Waals surface area (Å²) in [6.45, 7) is 2.70. The minimum Gasteiger partial charge on any atom is -0.493 e. The Labute approximate surface area is 218 Å². The molecule has 0 aliphatic carbocycles. The van der Waals surface area contributed by atoms with Crippen LogP contribution in [0.15, 0.2) is 77.3 Å². The van der Waals surface area contributed by atoms with Gasteiger partial charge in [0.1, 0.15) is 5.92 Å². The topological polar surface area (TPSA) is 68.3 Å². The van der Waals surface area contributed by atoms with Crippen molar-refractivity contribution in [2.24, 2.45) is 5.92 Å². The maximum Gasteiger partial charge on any atom is 0.266 e. The van der Waals surface area contributed by atoms with E-state index in [0.717, 1.165) is 28.6 Å². The first kappa shape index (κ1) is 24.3. The average Bonchev–Trinajstić information content (AvgIpc) is 3.41. The maximum absolute atomic E-state index is 13.8. The second-order valence-corrected chi connectivity index (χ2v) is 9.67. The third-order valence-corrected chi connectivity index (χ3v) is 7.02. The van der Waals surface area contributed by atoms with E-state index in [0.29, 0.717) is 23.8 Å². The Kier molecular flexibility index (Phi) is 6.98. The number of ether oxygens (including phenoxy) is 2. The number of nitrogens with zero attached hydrogens (tertiary/aromatic N) is 2. The molecule has 2 aliphatic heterocycles. The number of carbonyl (C=O) groups excluding carboxylic acids is 2. The van der Waals surface area contributed by atoms with Gasteiger partial charge in [-0.05, 0) is 60.5 Å². The molecule has 2 heterocycles. The molecule has 2 aliphatic rings. The van der Waals surface area contributed by atoms with Gasteiger partial charge < -0.3 is 9.47 Å². The van der Waals surface area contributed by atoms with Gasteiger partial charge in [-0.25, -0.2) is 9.96 Å². The zero-order valence-corrected chi connectivity index (χ0v) is 21.7. The predicted octanol–water partition coefficient (Wildman–Crippen LogP) is 5.69. The lowest BCUT2D eigenvalue weighted by Gasteiger charge is -2.29. The van der Waals surface area contributed by atoms with E-state index in [2.05, 4.69) is 22.9 Å². The highest BCUT2D eigenvalue weighted by Crippen LogP contribution is 2.48. The van der Waals surface area contributed by atoms with Gasteiger partial charge in [0.25, 0.3) is 5.91 Å². The predicted molar refractivity (Wildman–Crippen MR) is 140 cm³/mol. The highest BCUT2D eigenvalue weighted by atomic mass is 79.9. The molecule has 0 N–H and O–H groups in total. The largest absolute Gasteiger partial charge is 0.493 e. The molecule has 2 saturated heterocycles. The van der Waals surface area contributed by atoms with E-state index >= 15 is 0 Å². The Morgan fingerprint density at radius 2 is 1.67 bits per heavy atom. The number of amides is 2. The van der Waals surface area contributed by atoms with E-state index < -0.39 is 18.1 Å². The summed E-state index contributed by atoms with van der Waals surface area (Å²) in [6, 6.07) is 21.7. The van der Waals surface area contributed by atoms with Crippen LogP contribution >= 0.6 is 15.9 Å². The number of imide groups is 1. The van der Waals surface area contributed by atoms with Crippen LogP contribution in [0.3, 0.4) is 0 Å². The van der Waals surface area contributed by atoms with Crippen LogP contribution in [0.25, 0.3) is 0 Å². The fourth-order valence-electron chi connectivity index (χ4n) is 4.71. The molecule has 186 valence electrons. The van der Waals surface area contributed by atoms with Crippen LogP contribution in [0.1, 0.15) is 31.4 Å². The number of para-hydroxylation sites is 1. The highest BCUT2D eigenvalue weighted by Gasteiger charge is 2.60. The molecule has 0 radical (unpaired) electrons. The summed E-state index contributed by atoms with van der Waals surface area (Å²) >= 11 is 3.40. The lowest BCUT2D eigenvalue weighted by atomic mass is 9.90. The van der Waals surface area contributed by atoms with Crippen LogP contribution in [0.4, 0.5) is 11.4 Å². The number of hydrogen-bond acceptors (Lipinski definition) is 6. The maximum atomic E-state index is 13.8. The van der Waals surface area contributed by atoms with Crippen LogP contribution < -0.4 is 19.4 Å². The van der Waals surface area contributed by atoms with Gasteiger partial charge in [-0.2, -0.15) is 0 Å². The van der Waals surface area contributed by atoms with E-state index in [1.54, 1.807) is 36.4 Å². The Bertz CT molecular complexity index is 1250. The van der Waals surface area contributed by atoms with E-state index in [1.807, 2.05) is 48.5 Å². The van der Waals surface area contributed by atoms with Crippen molar-refractivity contribution in [3.05, 3.63) is 82.8 Å². The summed E-state index contributed by atoms with van der Waals surface area (Å²) in [6.07, 6.45) is 1.04. The van der Waals surface area contributed by atoms with Crippen LogP contribution in [0.2, 0.25) is 0 Å². The summed E-state index contributed by atoms with van der Waals surface area (Å²) in [4.78, 5) is 34.7. The van der Waals surface area contributed by atoms with Crippen molar-refractivity contribution >= 4 is 39.1 Å². The molecule has 5 rings (SSSR count). The minimum absolute atomic E-state index is 0.294. The number of rotatable bonds is 8. The molecule has 0 aromatic heterocycles. The summed E-state index contributed by atoms with van der Waals surface area (Å²) in [7, 11) is 1.59. The first-order valence-electron chi connectivity index (χ1n) is 12.0. The summed E-state index contributed by atoms with van der Waals surface area (Å²) in [5.41, 5.74) is 2.08. The monoisotopic (exact) mass is 550 g/mol. The Morgan fingerprint density at radius 3 is 2.36 bits per heavy atom. The molecule has 2 amide bonds. The van der Waals surface area contributed by atoms with Crippen molar-refractivity contribution in [1.82, 2.24) is 0 Å². The quantitative estimate of drug-likeness (QED) is 0.265. The fraction of sp³-hybridized carbons (Fsp3) is 0.286. The van der Waals surface area contributed by atoms with Crippen LogP contribution in [0.5, 0.6) is 11.5 Å². The summed E-state index contributed by atoms with van der Waals surface area (Å²) < 4.78 is 12.4. The molecular formula is C28H27BrN2O5. The Balaban J connectivity index is 1.54. The molecule has 2 fully saturated rings.